The quantitative estimate of drug-likeness (QED) is 0.453. The molecule has 0 radical (unpaired) electrons. The minimum Gasteiger partial charge on any atom is -0.458 e. The van der Waals surface area contributed by atoms with E-state index < -0.39 is 35.8 Å². The lowest BCUT2D eigenvalue weighted by molar-refractivity contribution is -0.177. The third kappa shape index (κ3) is 10.4. The Morgan fingerprint density at radius 1 is 1.13 bits per heavy atom. The van der Waals surface area contributed by atoms with Crippen LogP contribution in [0.15, 0.2) is 42.5 Å². The molecule has 0 fully saturated rings. The van der Waals surface area contributed by atoms with Crippen molar-refractivity contribution in [3.63, 3.8) is 0 Å². The highest BCUT2D eigenvalue weighted by Gasteiger charge is 2.41. The summed E-state index contributed by atoms with van der Waals surface area (Å²) in [6, 6.07) is 7.90. The van der Waals surface area contributed by atoms with E-state index in [1.165, 1.54) is 13.2 Å². The maximum absolute atomic E-state index is 12.6. The summed E-state index contributed by atoms with van der Waals surface area (Å²) in [7, 11) is 1.49. The minimum absolute atomic E-state index is 0.203. The van der Waals surface area contributed by atoms with Crippen LogP contribution in [-0.2, 0) is 30.4 Å². The van der Waals surface area contributed by atoms with E-state index >= 15 is 0 Å². The molecule has 1 aromatic carbocycles. The number of ether oxygens (including phenoxy) is 3. The summed E-state index contributed by atoms with van der Waals surface area (Å²) in [5.41, 5.74) is 0.0235. The molecule has 0 unspecified atom stereocenters. The van der Waals surface area contributed by atoms with Crippen molar-refractivity contribution in [2.75, 3.05) is 13.7 Å². The second-order valence-electron chi connectivity index (χ2n) is 7.51. The van der Waals surface area contributed by atoms with Gasteiger partial charge in [-0.1, -0.05) is 42.5 Å². The molecule has 0 aliphatic rings. The fourth-order valence-corrected chi connectivity index (χ4v) is 2.29. The smallest absolute Gasteiger partial charge is 0.458 e. The van der Waals surface area contributed by atoms with E-state index in [1.54, 1.807) is 32.2 Å². The van der Waals surface area contributed by atoms with Crippen molar-refractivity contribution in [3.8, 4) is 0 Å². The Morgan fingerprint density at radius 2 is 1.77 bits per heavy atom. The molecule has 0 saturated carbocycles. The summed E-state index contributed by atoms with van der Waals surface area (Å²) < 4.78 is 53.7. The van der Waals surface area contributed by atoms with Crippen LogP contribution in [0.1, 0.15) is 32.8 Å². The van der Waals surface area contributed by atoms with Gasteiger partial charge >= 0.3 is 18.1 Å². The van der Waals surface area contributed by atoms with E-state index in [2.05, 4.69) is 0 Å². The van der Waals surface area contributed by atoms with Crippen LogP contribution in [0.25, 0.3) is 0 Å². The van der Waals surface area contributed by atoms with E-state index in [1.807, 2.05) is 30.3 Å². The third-order valence-electron chi connectivity index (χ3n) is 3.61. The summed E-state index contributed by atoms with van der Waals surface area (Å²) in [4.78, 5) is 23.5. The average molecular weight is 431 g/mol. The van der Waals surface area contributed by atoms with E-state index in [0.717, 1.165) is 5.56 Å². The highest BCUT2D eigenvalue weighted by molar-refractivity contribution is 5.87. The molecule has 1 rings (SSSR count). The van der Waals surface area contributed by atoms with Crippen LogP contribution in [0.4, 0.5) is 13.2 Å². The van der Waals surface area contributed by atoms with Crippen molar-refractivity contribution in [1.82, 2.24) is 5.32 Å². The van der Waals surface area contributed by atoms with Gasteiger partial charge in [0.1, 0.15) is 11.6 Å². The number of alkyl halides is 3. The van der Waals surface area contributed by atoms with Crippen molar-refractivity contribution >= 4 is 11.9 Å². The van der Waals surface area contributed by atoms with E-state index in [0.29, 0.717) is 6.61 Å². The Balaban J connectivity index is 2.79. The predicted molar refractivity (Wildman–Crippen MR) is 104 cm³/mol. The van der Waals surface area contributed by atoms with E-state index in [4.69, 9.17) is 14.2 Å². The molecule has 0 aliphatic carbocycles. The van der Waals surface area contributed by atoms with E-state index in [9.17, 15) is 22.8 Å². The molecule has 2 atom stereocenters. The fraction of sp³-hybridized carbons (Fsp3) is 0.524. The maximum atomic E-state index is 12.6. The lowest BCUT2D eigenvalue weighted by Crippen LogP contribution is -2.48. The van der Waals surface area contributed by atoms with Gasteiger partial charge in [-0.15, -0.1) is 0 Å². The van der Waals surface area contributed by atoms with Gasteiger partial charge in [0.2, 0.25) is 0 Å². The fourth-order valence-electron chi connectivity index (χ4n) is 2.29. The molecule has 30 heavy (non-hydrogen) atoms. The number of halogens is 3. The normalized spacial score (nSPS) is 14.4. The van der Waals surface area contributed by atoms with Crippen LogP contribution < -0.4 is 5.32 Å². The molecule has 9 heteroatoms. The molecule has 0 spiro atoms. The number of nitrogens with one attached hydrogen (secondary N) is 1. The average Bonchev–Trinajstić information content (AvgIpc) is 2.63. The third-order valence-corrected chi connectivity index (χ3v) is 3.61. The van der Waals surface area contributed by atoms with Crippen LogP contribution >= 0.6 is 0 Å². The van der Waals surface area contributed by atoms with Crippen molar-refractivity contribution < 1.29 is 37.0 Å². The Bertz CT molecular complexity index is 699. The van der Waals surface area contributed by atoms with Gasteiger partial charge in [-0.2, -0.15) is 13.2 Å². The monoisotopic (exact) mass is 431 g/mol. The molecular weight excluding hydrogens is 403 g/mol. The maximum Gasteiger partial charge on any atom is 0.471 e. The van der Waals surface area contributed by atoms with Gasteiger partial charge in [0.15, 0.2) is 0 Å². The molecule has 168 valence electrons. The summed E-state index contributed by atoms with van der Waals surface area (Å²) in [6.07, 6.45) is -2.77. The zero-order valence-electron chi connectivity index (χ0n) is 17.5. The summed E-state index contributed by atoms with van der Waals surface area (Å²) in [5, 5.41) is 1.68. The summed E-state index contributed by atoms with van der Waals surface area (Å²) in [6.45, 7) is 5.25. The highest BCUT2D eigenvalue weighted by Crippen LogP contribution is 2.16. The minimum atomic E-state index is -5.11. The number of hydrogen-bond donors (Lipinski definition) is 1. The van der Waals surface area contributed by atoms with Crippen molar-refractivity contribution in [2.45, 2.75) is 57.7 Å². The molecule has 6 nitrogen and oxygen atoms in total. The Morgan fingerprint density at radius 3 is 2.30 bits per heavy atom. The molecule has 1 N–H and O–H groups in total. The number of carbonyl (C=O) groups excluding carboxylic acids is 2. The van der Waals surface area contributed by atoms with Crippen LogP contribution in [0, 0.1) is 0 Å². The largest absolute Gasteiger partial charge is 0.471 e. The van der Waals surface area contributed by atoms with Crippen molar-refractivity contribution in [3.05, 3.63) is 48.0 Å². The van der Waals surface area contributed by atoms with Crippen LogP contribution in [0.2, 0.25) is 0 Å². The first-order chi connectivity index (χ1) is 13.9. The van der Waals surface area contributed by atoms with Gasteiger partial charge in [0, 0.05) is 7.11 Å². The Kier molecular flexibility index (Phi) is 10.0. The topological polar surface area (TPSA) is 73.9 Å². The summed E-state index contributed by atoms with van der Waals surface area (Å²) >= 11 is 0. The SMILES string of the molecule is COC[C@H](/C=C/C[C@@H](NC(=O)C(F)(F)F)C(=O)OC(C)(C)C)OCc1ccccc1. The molecule has 0 aromatic heterocycles. The first-order valence-electron chi connectivity index (χ1n) is 9.34. The molecular formula is C21H28F3NO5. The molecule has 0 saturated heterocycles. The van der Waals surface area contributed by atoms with E-state index in [-0.39, 0.29) is 13.0 Å². The van der Waals surface area contributed by atoms with Crippen LogP contribution in [0.5, 0.6) is 0 Å². The number of hydrogen-bond acceptors (Lipinski definition) is 5. The van der Waals surface area contributed by atoms with Gasteiger partial charge in [0.25, 0.3) is 0 Å². The second-order valence-corrected chi connectivity index (χ2v) is 7.51. The molecule has 0 bridgehead atoms. The van der Waals surface area contributed by atoms with Gasteiger partial charge < -0.3 is 19.5 Å². The van der Waals surface area contributed by atoms with Crippen molar-refractivity contribution in [1.29, 1.82) is 0 Å². The summed E-state index contributed by atoms with van der Waals surface area (Å²) in [5.74, 6) is -3.17. The van der Waals surface area contributed by atoms with Crippen molar-refractivity contribution in [2.24, 2.45) is 0 Å². The molecule has 1 aromatic rings. The lowest BCUT2D eigenvalue weighted by Gasteiger charge is -2.24. The molecule has 0 heterocycles. The van der Waals surface area contributed by atoms with Gasteiger partial charge in [-0.25, -0.2) is 4.79 Å². The first kappa shape index (κ1) is 25.6. The van der Waals surface area contributed by atoms with Gasteiger partial charge in [-0.3, -0.25) is 4.79 Å². The number of rotatable bonds is 10. The number of carbonyl (C=O) groups is 2. The molecule has 1 amide bonds. The first-order valence-corrected chi connectivity index (χ1v) is 9.34. The number of methoxy groups -OCH3 is 1. The van der Waals surface area contributed by atoms with Crippen LogP contribution in [0.3, 0.4) is 0 Å². The number of esters is 1. The number of benzene rings is 1. The molecule has 0 aliphatic heterocycles. The van der Waals surface area contributed by atoms with Gasteiger partial charge in [0.05, 0.1) is 19.3 Å². The zero-order valence-corrected chi connectivity index (χ0v) is 17.5. The predicted octanol–water partition coefficient (Wildman–Crippen LogP) is 3.55. The second kappa shape index (κ2) is 11.7. The number of amides is 1. The lowest BCUT2D eigenvalue weighted by atomic mass is 10.1. The standard InChI is InChI=1S/C21H28F3NO5/c1-20(2,3)30-18(26)17(25-19(27)21(22,23)24)12-8-11-16(14-28-4)29-13-15-9-6-5-7-10-15/h5-11,16-17H,12-14H2,1-4H3,(H,25,27)/b11-8+/t16-,17+/m0/s1. The van der Waals surface area contributed by atoms with Gasteiger partial charge in [-0.05, 0) is 32.8 Å². The Labute approximate surface area is 174 Å². The Hall–Kier alpha value is -2.39. The van der Waals surface area contributed by atoms with Crippen LogP contribution in [-0.4, -0.2) is 49.5 Å². The zero-order chi connectivity index (χ0) is 22.8. The highest BCUT2D eigenvalue weighted by atomic mass is 19.4.